The predicted molar refractivity (Wildman–Crippen MR) is 87.9 cm³/mol. The monoisotopic (exact) mass is 288 g/mol. The highest BCUT2D eigenvalue weighted by molar-refractivity contribution is 5.52. The summed E-state index contributed by atoms with van der Waals surface area (Å²) in [5.74, 6) is 1.22. The van der Waals surface area contributed by atoms with Gasteiger partial charge in [-0.3, -0.25) is 4.90 Å². The van der Waals surface area contributed by atoms with Crippen molar-refractivity contribution in [1.29, 1.82) is 0 Å². The Labute approximate surface area is 128 Å². The van der Waals surface area contributed by atoms with E-state index < -0.39 is 0 Å². The van der Waals surface area contributed by atoms with Crippen molar-refractivity contribution in [1.82, 2.24) is 15.2 Å². The van der Waals surface area contributed by atoms with Crippen molar-refractivity contribution in [3.8, 4) is 0 Å². The van der Waals surface area contributed by atoms with E-state index in [4.69, 9.17) is 4.98 Å². The lowest BCUT2D eigenvalue weighted by Crippen LogP contribution is -2.37. The van der Waals surface area contributed by atoms with Gasteiger partial charge in [-0.2, -0.15) is 0 Å². The molecule has 3 rings (SSSR count). The van der Waals surface area contributed by atoms with Gasteiger partial charge in [0.2, 0.25) is 0 Å². The van der Waals surface area contributed by atoms with Crippen LogP contribution in [-0.4, -0.2) is 49.2 Å². The summed E-state index contributed by atoms with van der Waals surface area (Å²) in [4.78, 5) is 10.1. The summed E-state index contributed by atoms with van der Waals surface area (Å²) in [6.07, 6.45) is 3.97. The van der Waals surface area contributed by atoms with Crippen LogP contribution in [0, 0.1) is 13.8 Å². The molecule has 0 bridgehead atoms. The Morgan fingerprint density at radius 2 is 2.05 bits per heavy atom. The van der Waals surface area contributed by atoms with Gasteiger partial charge >= 0.3 is 0 Å². The van der Waals surface area contributed by atoms with E-state index >= 15 is 0 Å². The number of aryl methyl sites for hydroxylation is 2. The molecule has 4 heteroatoms. The number of nitrogens with zero attached hydrogens (tertiary/aromatic N) is 3. The zero-order chi connectivity index (χ0) is 14.8. The van der Waals surface area contributed by atoms with Gasteiger partial charge in [-0.15, -0.1) is 0 Å². The van der Waals surface area contributed by atoms with Gasteiger partial charge < -0.3 is 10.2 Å². The van der Waals surface area contributed by atoms with Gasteiger partial charge in [0.15, 0.2) is 0 Å². The Bertz CT molecular complexity index is 500. The number of fused-ring (bicyclic) bond motifs is 1. The van der Waals surface area contributed by atoms with Crippen LogP contribution in [0.25, 0.3) is 0 Å². The zero-order valence-corrected chi connectivity index (χ0v) is 13.7. The standard InChI is InChI=1S/C17H28N4/c1-13-10-14(2)19-17(16(13)11-18-3)21-9-5-8-20-7-4-6-15(20)12-21/h10,15,18H,4-9,11-12H2,1-3H3. The average molecular weight is 288 g/mol. The number of hydrogen-bond donors (Lipinski definition) is 1. The molecule has 1 unspecified atom stereocenters. The fourth-order valence-corrected chi connectivity index (χ4v) is 3.90. The molecule has 1 aromatic rings. The molecule has 4 nitrogen and oxygen atoms in total. The fourth-order valence-electron chi connectivity index (χ4n) is 3.90. The molecule has 0 amide bonds. The van der Waals surface area contributed by atoms with Crippen molar-refractivity contribution in [2.24, 2.45) is 0 Å². The first kappa shape index (κ1) is 14.8. The van der Waals surface area contributed by atoms with E-state index in [1.807, 2.05) is 7.05 Å². The van der Waals surface area contributed by atoms with Crippen molar-refractivity contribution >= 4 is 5.82 Å². The highest BCUT2D eigenvalue weighted by atomic mass is 15.3. The van der Waals surface area contributed by atoms with Crippen LogP contribution in [0.1, 0.15) is 36.1 Å². The van der Waals surface area contributed by atoms with Gasteiger partial charge in [0.05, 0.1) is 0 Å². The molecule has 2 saturated heterocycles. The lowest BCUT2D eigenvalue weighted by atomic mass is 10.1. The highest BCUT2D eigenvalue weighted by Gasteiger charge is 2.30. The summed E-state index contributed by atoms with van der Waals surface area (Å²) in [6.45, 7) is 10.1. The van der Waals surface area contributed by atoms with E-state index in [1.54, 1.807) is 0 Å². The first-order valence-corrected chi connectivity index (χ1v) is 8.29. The van der Waals surface area contributed by atoms with Gasteiger partial charge in [0, 0.05) is 43.5 Å². The van der Waals surface area contributed by atoms with Crippen molar-refractivity contribution in [2.75, 3.05) is 38.1 Å². The lowest BCUT2D eigenvalue weighted by molar-refractivity contribution is 0.273. The van der Waals surface area contributed by atoms with E-state index in [0.29, 0.717) is 0 Å². The fraction of sp³-hybridized carbons (Fsp3) is 0.706. The van der Waals surface area contributed by atoms with Gasteiger partial charge in [0.25, 0.3) is 0 Å². The molecular weight excluding hydrogens is 260 g/mol. The maximum Gasteiger partial charge on any atom is 0.133 e. The molecule has 1 N–H and O–H groups in total. The van der Waals surface area contributed by atoms with Crippen LogP contribution < -0.4 is 10.2 Å². The molecule has 0 radical (unpaired) electrons. The third-order valence-electron chi connectivity index (χ3n) is 4.91. The Balaban J connectivity index is 1.91. The molecule has 21 heavy (non-hydrogen) atoms. The Morgan fingerprint density at radius 1 is 1.24 bits per heavy atom. The largest absolute Gasteiger partial charge is 0.355 e. The molecule has 2 aliphatic heterocycles. The number of anilines is 1. The number of hydrogen-bond acceptors (Lipinski definition) is 4. The topological polar surface area (TPSA) is 31.4 Å². The van der Waals surface area contributed by atoms with Crippen molar-refractivity contribution in [2.45, 2.75) is 45.7 Å². The molecule has 3 heterocycles. The quantitative estimate of drug-likeness (QED) is 0.923. The summed E-state index contributed by atoms with van der Waals surface area (Å²) in [7, 11) is 2.02. The van der Waals surface area contributed by atoms with Crippen molar-refractivity contribution < 1.29 is 0 Å². The molecular formula is C17H28N4. The van der Waals surface area contributed by atoms with Gasteiger partial charge in [-0.25, -0.2) is 4.98 Å². The second-order valence-corrected chi connectivity index (χ2v) is 6.54. The molecule has 0 saturated carbocycles. The summed E-state index contributed by atoms with van der Waals surface area (Å²) >= 11 is 0. The van der Waals surface area contributed by atoms with Crippen molar-refractivity contribution in [3.05, 3.63) is 22.9 Å². The molecule has 0 aromatic carbocycles. The van der Waals surface area contributed by atoms with Crippen LogP contribution in [0.15, 0.2) is 6.07 Å². The molecule has 2 fully saturated rings. The molecule has 116 valence electrons. The van der Waals surface area contributed by atoms with Crippen LogP contribution in [0.4, 0.5) is 5.82 Å². The van der Waals surface area contributed by atoms with E-state index in [2.05, 4.69) is 35.0 Å². The number of pyridine rings is 1. The van der Waals surface area contributed by atoms with Crippen LogP contribution in [0.5, 0.6) is 0 Å². The second-order valence-electron chi connectivity index (χ2n) is 6.54. The Hall–Kier alpha value is -1.13. The normalized spacial score (nSPS) is 23.2. The third-order valence-corrected chi connectivity index (χ3v) is 4.91. The highest BCUT2D eigenvalue weighted by Crippen LogP contribution is 2.28. The lowest BCUT2D eigenvalue weighted by Gasteiger charge is -2.29. The Kier molecular flexibility index (Phi) is 4.45. The van der Waals surface area contributed by atoms with Crippen LogP contribution in [0.2, 0.25) is 0 Å². The minimum Gasteiger partial charge on any atom is -0.355 e. The minimum absolute atomic E-state index is 0.734. The third kappa shape index (κ3) is 3.06. The van der Waals surface area contributed by atoms with Gasteiger partial charge in [-0.1, -0.05) is 0 Å². The average Bonchev–Trinajstić information content (AvgIpc) is 2.79. The van der Waals surface area contributed by atoms with Crippen molar-refractivity contribution in [3.63, 3.8) is 0 Å². The summed E-state index contributed by atoms with van der Waals surface area (Å²) in [5.41, 5.74) is 3.86. The molecule has 1 atom stereocenters. The van der Waals surface area contributed by atoms with Gasteiger partial charge in [-0.05, 0) is 58.3 Å². The second kappa shape index (κ2) is 6.32. The van der Waals surface area contributed by atoms with Crippen LogP contribution in [-0.2, 0) is 6.54 Å². The Morgan fingerprint density at radius 3 is 2.86 bits per heavy atom. The number of aromatic nitrogens is 1. The molecule has 0 spiro atoms. The predicted octanol–water partition coefficient (Wildman–Crippen LogP) is 2.09. The van der Waals surface area contributed by atoms with Gasteiger partial charge in [0.1, 0.15) is 5.82 Å². The molecule has 0 aliphatic carbocycles. The minimum atomic E-state index is 0.734. The number of nitrogens with one attached hydrogen (secondary N) is 1. The maximum atomic E-state index is 4.90. The summed E-state index contributed by atoms with van der Waals surface area (Å²) < 4.78 is 0. The van der Waals surface area contributed by atoms with E-state index in [-0.39, 0.29) is 0 Å². The summed E-state index contributed by atoms with van der Waals surface area (Å²) in [5, 5.41) is 3.31. The number of rotatable bonds is 3. The first-order chi connectivity index (χ1) is 10.2. The molecule has 1 aromatic heterocycles. The van der Waals surface area contributed by atoms with Crippen LogP contribution >= 0.6 is 0 Å². The first-order valence-electron chi connectivity index (χ1n) is 8.29. The SMILES string of the molecule is CNCc1c(C)cc(C)nc1N1CCCN2CCCC2C1. The van der Waals surface area contributed by atoms with E-state index in [1.165, 1.54) is 49.3 Å². The smallest absolute Gasteiger partial charge is 0.133 e. The summed E-state index contributed by atoms with van der Waals surface area (Å²) in [6, 6.07) is 2.94. The van der Waals surface area contributed by atoms with E-state index in [9.17, 15) is 0 Å². The van der Waals surface area contributed by atoms with Crippen LogP contribution in [0.3, 0.4) is 0 Å². The van der Waals surface area contributed by atoms with E-state index in [0.717, 1.165) is 31.4 Å². The molecule has 2 aliphatic rings. The zero-order valence-electron chi connectivity index (χ0n) is 13.7. The maximum absolute atomic E-state index is 4.90.